The number of carbonyl (C=O) groups excluding carboxylic acids is 1. The molecule has 15 heavy (non-hydrogen) atoms. The molecule has 0 amide bonds. The highest BCUT2D eigenvalue weighted by Crippen LogP contribution is 2.22. The Labute approximate surface area is 87.3 Å². The highest BCUT2D eigenvalue weighted by molar-refractivity contribution is 5.78. The molecule has 1 heterocycles. The van der Waals surface area contributed by atoms with E-state index in [0.29, 0.717) is 17.1 Å². The molecule has 0 radical (unpaired) electrons. The second-order valence-corrected chi connectivity index (χ2v) is 2.95. The molecule has 3 nitrogen and oxygen atoms in total. The Bertz CT molecular complexity index is 454. The monoisotopic (exact) mass is 199 g/mol. The van der Waals surface area contributed by atoms with Gasteiger partial charge in [-0.2, -0.15) is 0 Å². The van der Waals surface area contributed by atoms with Crippen molar-refractivity contribution in [2.75, 3.05) is 0 Å². The average Bonchev–Trinajstić information content (AvgIpc) is 2.31. The maximum atomic E-state index is 10.7. The fourth-order valence-electron chi connectivity index (χ4n) is 1.19. The molecule has 0 fully saturated rings. The van der Waals surface area contributed by atoms with Crippen LogP contribution in [0.1, 0.15) is 10.4 Å². The lowest BCUT2D eigenvalue weighted by molar-refractivity contribution is 0.112. The van der Waals surface area contributed by atoms with Gasteiger partial charge in [0.2, 0.25) is 0 Å². The van der Waals surface area contributed by atoms with E-state index < -0.39 is 0 Å². The number of pyridine rings is 1. The molecule has 0 bridgehead atoms. The van der Waals surface area contributed by atoms with Gasteiger partial charge in [-0.1, -0.05) is 18.2 Å². The highest BCUT2D eigenvalue weighted by atomic mass is 16.5. The molecule has 0 saturated carbocycles. The van der Waals surface area contributed by atoms with Crippen molar-refractivity contribution in [3.05, 3.63) is 54.4 Å². The number of carbonyl (C=O) groups is 1. The van der Waals surface area contributed by atoms with Crippen LogP contribution in [-0.4, -0.2) is 11.3 Å². The fraction of sp³-hybridized carbons (Fsp3) is 0. The lowest BCUT2D eigenvalue weighted by Crippen LogP contribution is -1.90. The van der Waals surface area contributed by atoms with Crippen molar-refractivity contribution in [1.29, 1.82) is 0 Å². The third-order valence-corrected chi connectivity index (χ3v) is 1.91. The van der Waals surface area contributed by atoms with Crippen LogP contribution in [0.2, 0.25) is 0 Å². The third kappa shape index (κ3) is 2.20. The molecule has 0 aliphatic rings. The van der Waals surface area contributed by atoms with Crippen LogP contribution in [0.4, 0.5) is 0 Å². The summed E-state index contributed by atoms with van der Waals surface area (Å²) in [4.78, 5) is 14.5. The normalized spacial score (nSPS) is 9.60. The number of hydrogen-bond acceptors (Lipinski definition) is 3. The van der Waals surface area contributed by atoms with Crippen molar-refractivity contribution in [3.63, 3.8) is 0 Å². The van der Waals surface area contributed by atoms with E-state index in [-0.39, 0.29) is 0 Å². The zero-order valence-electron chi connectivity index (χ0n) is 7.96. The van der Waals surface area contributed by atoms with E-state index in [2.05, 4.69) is 4.98 Å². The summed E-state index contributed by atoms with van der Waals surface area (Å²) in [6, 6.07) is 11.0. The van der Waals surface area contributed by atoms with Gasteiger partial charge in [0.15, 0.2) is 6.29 Å². The van der Waals surface area contributed by atoms with Crippen LogP contribution in [0.15, 0.2) is 48.8 Å². The molecule has 0 spiro atoms. The number of aromatic nitrogens is 1. The number of ether oxygens (including phenoxy) is 1. The number of para-hydroxylation sites is 1. The summed E-state index contributed by atoms with van der Waals surface area (Å²) in [6.45, 7) is 0. The Balaban J connectivity index is 2.28. The van der Waals surface area contributed by atoms with E-state index in [9.17, 15) is 4.79 Å². The Kier molecular flexibility index (Phi) is 2.74. The molecule has 1 aromatic heterocycles. The number of rotatable bonds is 3. The molecular weight excluding hydrogens is 190 g/mol. The summed E-state index contributed by atoms with van der Waals surface area (Å²) < 4.78 is 5.53. The number of aldehydes is 1. The largest absolute Gasteiger partial charge is 0.457 e. The van der Waals surface area contributed by atoms with Crippen LogP contribution in [0.3, 0.4) is 0 Å². The molecular formula is C12H9NO2. The van der Waals surface area contributed by atoms with E-state index in [1.165, 1.54) is 6.20 Å². The quantitative estimate of drug-likeness (QED) is 0.713. The van der Waals surface area contributed by atoms with E-state index >= 15 is 0 Å². The fourth-order valence-corrected chi connectivity index (χ4v) is 1.19. The Morgan fingerprint density at radius 2 is 1.93 bits per heavy atom. The molecule has 0 aliphatic carbocycles. The summed E-state index contributed by atoms with van der Waals surface area (Å²) >= 11 is 0. The Morgan fingerprint density at radius 3 is 2.67 bits per heavy atom. The van der Waals surface area contributed by atoms with Gasteiger partial charge in [0.1, 0.15) is 11.5 Å². The van der Waals surface area contributed by atoms with Crippen LogP contribution < -0.4 is 4.74 Å². The molecule has 3 heteroatoms. The second-order valence-electron chi connectivity index (χ2n) is 2.95. The first-order chi connectivity index (χ1) is 7.40. The molecule has 0 saturated heterocycles. The van der Waals surface area contributed by atoms with Gasteiger partial charge >= 0.3 is 0 Å². The minimum absolute atomic E-state index is 0.446. The first-order valence-electron chi connectivity index (χ1n) is 4.52. The van der Waals surface area contributed by atoms with Gasteiger partial charge in [-0.25, -0.2) is 0 Å². The molecule has 0 aliphatic heterocycles. The summed E-state index contributed by atoms with van der Waals surface area (Å²) in [5.74, 6) is 1.22. The van der Waals surface area contributed by atoms with E-state index in [1.54, 1.807) is 12.3 Å². The van der Waals surface area contributed by atoms with Gasteiger partial charge in [0.25, 0.3) is 0 Å². The summed E-state index contributed by atoms with van der Waals surface area (Å²) in [5, 5.41) is 0. The number of benzene rings is 1. The van der Waals surface area contributed by atoms with E-state index in [4.69, 9.17) is 4.74 Å². The van der Waals surface area contributed by atoms with E-state index in [1.807, 2.05) is 30.3 Å². The molecule has 0 unspecified atom stereocenters. The van der Waals surface area contributed by atoms with Crippen LogP contribution in [0.5, 0.6) is 11.5 Å². The van der Waals surface area contributed by atoms with Gasteiger partial charge in [-0.05, 0) is 18.2 Å². The standard InChI is InChI=1S/C12H9NO2/c14-9-10-8-13-7-6-12(10)15-11-4-2-1-3-5-11/h1-9H. The van der Waals surface area contributed by atoms with E-state index in [0.717, 1.165) is 6.29 Å². The van der Waals surface area contributed by atoms with Gasteiger partial charge < -0.3 is 4.74 Å². The first kappa shape index (κ1) is 9.40. The summed E-state index contributed by atoms with van der Waals surface area (Å²) in [5.41, 5.74) is 0.446. The molecule has 0 N–H and O–H groups in total. The molecule has 74 valence electrons. The van der Waals surface area contributed by atoms with Crippen LogP contribution in [0, 0.1) is 0 Å². The van der Waals surface area contributed by atoms with Crippen molar-refractivity contribution < 1.29 is 9.53 Å². The molecule has 2 rings (SSSR count). The number of hydrogen-bond donors (Lipinski definition) is 0. The first-order valence-corrected chi connectivity index (χ1v) is 4.52. The predicted octanol–water partition coefficient (Wildman–Crippen LogP) is 2.69. The summed E-state index contributed by atoms with van der Waals surface area (Å²) in [6.07, 6.45) is 3.79. The lowest BCUT2D eigenvalue weighted by Gasteiger charge is -2.06. The smallest absolute Gasteiger partial charge is 0.155 e. The Hall–Kier alpha value is -2.16. The van der Waals surface area contributed by atoms with Crippen molar-refractivity contribution in [2.45, 2.75) is 0 Å². The zero-order valence-corrected chi connectivity index (χ0v) is 7.96. The van der Waals surface area contributed by atoms with Gasteiger partial charge in [0.05, 0.1) is 5.56 Å². The van der Waals surface area contributed by atoms with Crippen molar-refractivity contribution >= 4 is 6.29 Å². The van der Waals surface area contributed by atoms with Gasteiger partial charge in [-0.3, -0.25) is 9.78 Å². The van der Waals surface area contributed by atoms with Crippen LogP contribution in [-0.2, 0) is 0 Å². The van der Waals surface area contributed by atoms with Gasteiger partial charge in [-0.15, -0.1) is 0 Å². The second kappa shape index (κ2) is 4.37. The predicted molar refractivity (Wildman–Crippen MR) is 56.1 cm³/mol. The molecule has 0 atom stereocenters. The van der Waals surface area contributed by atoms with Crippen molar-refractivity contribution in [2.24, 2.45) is 0 Å². The third-order valence-electron chi connectivity index (χ3n) is 1.91. The topological polar surface area (TPSA) is 39.2 Å². The SMILES string of the molecule is O=Cc1cnccc1Oc1ccccc1. The lowest BCUT2D eigenvalue weighted by atomic mass is 10.3. The highest BCUT2D eigenvalue weighted by Gasteiger charge is 2.02. The molecule has 2 aromatic rings. The number of nitrogens with zero attached hydrogens (tertiary/aromatic N) is 1. The van der Waals surface area contributed by atoms with Crippen LogP contribution >= 0.6 is 0 Å². The van der Waals surface area contributed by atoms with Crippen molar-refractivity contribution in [3.8, 4) is 11.5 Å². The zero-order chi connectivity index (χ0) is 10.5. The maximum absolute atomic E-state index is 10.7. The summed E-state index contributed by atoms with van der Waals surface area (Å²) in [7, 11) is 0. The maximum Gasteiger partial charge on any atom is 0.155 e. The van der Waals surface area contributed by atoms with Crippen LogP contribution in [0.25, 0.3) is 0 Å². The van der Waals surface area contributed by atoms with Gasteiger partial charge in [0, 0.05) is 12.4 Å². The average molecular weight is 199 g/mol. The van der Waals surface area contributed by atoms with Crippen molar-refractivity contribution in [1.82, 2.24) is 4.98 Å². The minimum Gasteiger partial charge on any atom is -0.457 e. The Morgan fingerprint density at radius 1 is 1.13 bits per heavy atom. The minimum atomic E-state index is 0.446. The molecule has 1 aromatic carbocycles.